The largest absolute Gasteiger partial charge is 0.487 e. The average molecular weight is 454 g/mol. The van der Waals surface area contributed by atoms with Crippen molar-refractivity contribution in [3.63, 3.8) is 0 Å². The summed E-state index contributed by atoms with van der Waals surface area (Å²) in [7, 11) is 0. The number of carbonyl (C=O) groups is 3. The van der Waals surface area contributed by atoms with Gasteiger partial charge in [0.1, 0.15) is 17.8 Å². The molecule has 0 aromatic heterocycles. The Hall–Kier alpha value is -1.58. The first kappa shape index (κ1) is 22.6. The molecule has 2 bridgehead atoms. The van der Waals surface area contributed by atoms with E-state index in [9.17, 15) is 24.6 Å². The predicted octanol–water partition coefficient (Wildman–Crippen LogP) is 0.941. The maximum Gasteiger partial charge on any atom is 0.346 e. The summed E-state index contributed by atoms with van der Waals surface area (Å²) in [5.41, 5.74) is -2.50. The van der Waals surface area contributed by atoms with Gasteiger partial charge in [-0.2, -0.15) is 11.8 Å². The smallest absolute Gasteiger partial charge is 0.346 e. The van der Waals surface area contributed by atoms with Gasteiger partial charge in [0.15, 0.2) is 17.6 Å². The van der Waals surface area contributed by atoms with E-state index < -0.39 is 41.2 Å². The first-order chi connectivity index (χ1) is 14.6. The van der Waals surface area contributed by atoms with Crippen molar-refractivity contribution in [1.29, 1.82) is 0 Å². The number of thioether (sulfide) groups is 1. The Morgan fingerprint density at radius 3 is 2.74 bits per heavy atom. The van der Waals surface area contributed by atoms with Crippen LogP contribution in [0.25, 0.3) is 0 Å². The molecule has 31 heavy (non-hydrogen) atoms. The van der Waals surface area contributed by atoms with Crippen LogP contribution in [0.3, 0.4) is 0 Å². The van der Waals surface area contributed by atoms with Gasteiger partial charge < -0.3 is 25.0 Å². The van der Waals surface area contributed by atoms with Gasteiger partial charge in [-0.15, -0.1) is 0 Å². The number of rotatable bonds is 5. The molecular weight excluding hydrogens is 422 g/mol. The fraction of sp³-hybridized carbons (Fsp3) is 0.773. The van der Waals surface area contributed by atoms with E-state index in [-0.39, 0.29) is 28.9 Å². The van der Waals surface area contributed by atoms with Gasteiger partial charge in [0.2, 0.25) is 5.91 Å². The summed E-state index contributed by atoms with van der Waals surface area (Å²) in [5.74, 6) is -0.789. The lowest BCUT2D eigenvalue weighted by Crippen LogP contribution is -2.69. The normalized spacial score (nSPS) is 41.6. The number of aliphatic hydroxyl groups excluding tert-OH is 1. The number of hydrogen-bond donors (Lipinski definition) is 3. The minimum Gasteiger partial charge on any atom is -0.487 e. The van der Waals surface area contributed by atoms with Crippen LogP contribution in [-0.2, 0) is 23.9 Å². The van der Waals surface area contributed by atoms with Crippen LogP contribution in [0, 0.1) is 17.3 Å². The highest BCUT2D eigenvalue weighted by Crippen LogP contribution is 2.59. The van der Waals surface area contributed by atoms with E-state index >= 15 is 0 Å². The SMILES string of the molecule is CC(=O)NCCSCC1OC(=O)C2=C1O[C@@H]1[C@@H](O)[C@]3(O)CCCC[C@H]3[C@](C)(C2=O)[C@@H]1C. The van der Waals surface area contributed by atoms with Crippen molar-refractivity contribution in [3.8, 4) is 0 Å². The van der Waals surface area contributed by atoms with Crippen molar-refractivity contribution in [2.45, 2.75) is 70.4 Å². The molecule has 2 heterocycles. The fourth-order valence-corrected chi connectivity index (χ4v) is 6.81. The molecule has 2 fully saturated rings. The predicted molar refractivity (Wildman–Crippen MR) is 113 cm³/mol. The highest BCUT2D eigenvalue weighted by molar-refractivity contribution is 7.99. The number of aliphatic hydroxyl groups is 2. The lowest BCUT2D eigenvalue weighted by atomic mass is 9.48. The molecule has 0 spiro atoms. The summed E-state index contributed by atoms with van der Waals surface area (Å²) in [4.78, 5) is 37.5. The zero-order valence-electron chi connectivity index (χ0n) is 18.2. The highest BCUT2D eigenvalue weighted by atomic mass is 32.2. The number of Topliss-reactive ketones (excluding diaryl/α,β-unsaturated/α-hetero) is 1. The maximum atomic E-state index is 13.8. The Labute approximate surface area is 186 Å². The molecule has 1 unspecified atom stereocenters. The van der Waals surface area contributed by atoms with Gasteiger partial charge in [0.25, 0.3) is 0 Å². The highest BCUT2D eigenvalue weighted by Gasteiger charge is 2.68. The molecule has 3 N–H and O–H groups in total. The lowest BCUT2D eigenvalue weighted by Gasteiger charge is -2.59. The quantitative estimate of drug-likeness (QED) is 0.319. The van der Waals surface area contributed by atoms with Crippen LogP contribution in [0.5, 0.6) is 0 Å². The van der Waals surface area contributed by atoms with Crippen LogP contribution < -0.4 is 5.32 Å². The van der Waals surface area contributed by atoms with E-state index in [0.717, 1.165) is 12.8 Å². The van der Waals surface area contributed by atoms with Crippen molar-refractivity contribution >= 4 is 29.4 Å². The molecule has 4 aliphatic rings. The third-order valence-electron chi connectivity index (χ3n) is 7.77. The van der Waals surface area contributed by atoms with E-state index in [0.29, 0.717) is 30.9 Å². The van der Waals surface area contributed by atoms with Crippen LogP contribution >= 0.6 is 11.8 Å². The zero-order chi connectivity index (χ0) is 22.6. The second kappa shape index (κ2) is 8.08. The second-order valence-electron chi connectivity index (χ2n) is 9.41. The molecule has 2 saturated carbocycles. The molecule has 8 nitrogen and oxygen atoms in total. The second-order valence-corrected chi connectivity index (χ2v) is 10.6. The minimum absolute atomic E-state index is 0.0636. The van der Waals surface area contributed by atoms with Crippen molar-refractivity contribution < 1.29 is 34.1 Å². The van der Waals surface area contributed by atoms with Crippen LogP contribution in [0.2, 0.25) is 0 Å². The fourth-order valence-electron chi connectivity index (χ4n) is 5.96. The van der Waals surface area contributed by atoms with Gasteiger partial charge >= 0.3 is 5.97 Å². The number of fused-ring (bicyclic) bond motifs is 4. The standard InChI is InChI=1S/C22H31NO7S/c1-11-16-19(26)22(28)7-5-4-6-14(22)21(11,3)18(25)15-17(30-16)13(29-20(15)27)10-31-9-8-23-12(2)24/h11,13-14,16,19,26,28H,4-10H2,1-3H3,(H,23,24)/t11-,13?,14+,16+,19-,21-,22+/m1/s1. The third-order valence-corrected chi connectivity index (χ3v) is 8.80. The molecule has 0 saturated heterocycles. The molecule has 2 aliphatic heterocycles. The van der Waals surface area contributed by atoms with Crippen LogP contribution in [0.15, 0.2) is 11.3 Å². The number of carbonyl (C=O) groups excluding carboxylic acids is 3. The molecule has 0 radical (unpaired) electrons. The summed E-state index contributed by atoms with van der Waals surface area (Å²) in [6.45, 7) is 5.60. The van der Waals surface area contributed by atoms with Gasteiger partial charge in [0.05, 0.1) is 5.60 Å². The van der Waals surface area contributed by atoms with Crippen molar-refractivity contribution in [2.24, 2.45) is 17.3 Å². The van der Waals surface area contributed by atoms with E-state index in [2.05, 4.69) is 5.32 Å². The maximum absolute atomic E-state index is 13.8. The molecule has 7 atom stereocenters. The van der Waals surface area contributed by atoms with Crippen LogP contribution in [0.4, 0.5) is 0 Å². The Morgan fingerprint density at radius 2 is 2.03 bits per heavy atom. The Bertz CT molecular complexity index is 829. The number of esters is 1. The van der Waals surface area contributed by atoms with Gasteiger partial charge in [-0.05, 0) is 12.8 Å². The topological polar surface area (TPSA) is 122 Å². The average Bonchev–Trinajstić information content (AvgIpc) is 3.00. The van der Waals surface area contributed by atoms with E-state index in [1.807, 2.05) is 13.8 Å². The Kier molecular flexibility index (Phi) is 5.89. The molecule has 9 heteroatoms. The van der Waals surface area contributed by atoms with Gasteiger partial charge in [-0.1, -0.05) is 26.7 Å². The van der Waals surface area contributed by atoms with Gasteiger partial charge in [0, 0.05) is 42.2 Å². The number of amides is 1. The summed E-state index contributed by atoms with van der Waals surface area (Å²) in [5, 5.41) is 25.3. The number of cyclic esters (lactones) is 1. The number of ether oxygens (including phenoxy) is 2. The Morgan fingerprint density at radius 1 is 1.29 bits per heavy atom. The molecular formula is C22H31NO7S. The van der Waals surface area contributed by atoms with E-state index in [4.69, 9.17) is 9.47 Å². The van der Waals surface area contributed by atoms with E-state index in [1.165, 1.54) is 18.7 Å². The van der Waals surface area contributed by atoms with Gasteiger partial charge in [-0.3, -0.25) is 9.59 Å². The molecule has 2 aliphatic carbocycles. The molecule has 0 aromatic carbocycles. The van der Waals surface area contributed by atoms with Crippen LogP contribution in [0.1, 0.15) is 46.5 Å². The number of hydrogen-bond acceptors (Lipinski definition) is 8. The van der Waals surface area contributed by atoms with Crippen LogP contribution in [-0.4, -0.2) is 69.8 Å². The zero-order valence-corrected chi connectivity index (χ0v) is 19.0. The number of nitrogens with one attached hydrogen (secondary N) is 1. The van der Waals surface area contributed by atoms with Gasteiger partial charge in [-0.25, -0.2) is 4.79 Å². The summed E-state index contributed by atoms with van der Waals surface area (Å²) in [6, 6.07) is 0. The Balaban J connectivity index is 1.63. The minimum atomic E-state index is -1.41. The molecule has 172 valence electrons. The van der Waals surface area contributed by atoms with Crippen molar-refractivity contribution in [2.75, 3.05) is 18.1 Å². The molecule has 4 rings (SSSR count). The van der Waals surface area contributed by atoms with Crippen molar-refractivity contribution in [3.05, 3.63) is 11.3 Å². The number of ketones is 1. The first-order valence-corrected chi connectivity index (χ1v) is 12.2. The first-order valence-electron chi connectivity index (χ1n) is 11.0. The summed E-state index contributed by atoms with van der Waals surface area (Å²) < 4.78 is 11.7. The summed E-state index contributed by atoms with van der Waals surface area (Å²) >= 11 is 1.47. The van der Waals surface area contributed by atoms with E-state index in [1.54, 1.807) is 0 Å². The van der Waals surface area contributed by atoms with Crippen molar-refractivity contribution in [1.82, 2.24) is 5.32 Å². The summed E-state index contributed by atoms with van der Waals surface area (Å²) in [6.07, 6.45) is -0.0129. The molecule has 0 aromatic rings. The third kappa shape index (κ3) is 3.40. The monoisotopic (exact) mass is 453 g/mol. The lowest BCUT2D eigenvalue weighted by molar-refractivity contribution is -0.249. The molecule has 1 amide bonds.